The molecule has 1 aromatic heterocycles. The first kappa shape index (κ1) is 16.0. The number of rotatable bonds is 3. The predicted molar refractivity (Wildman–Crippen MR) is 113 cm³/mol. The van der Waals surface area contributed by atoms with Gasteiger partial charge in [0.15, 0.2) is 5.58 Å². The van der Waals surface area contributed by atoms with Crippen LogP contribution in [0.1, 0.15) is 0 Å². The van der Waals surface area contributed by atoms with Crippen LogP contribution < -0.4 is 4.90 Å². The molecule has 0 aliphatic rings. The summed E-state index contributed by atoms with van der Waals surface area (Å²) in [6.45, 7) is 0. The fraction of sp³-hybridized carbons (Fsp3) is 0. The summed E-state index contributed by atoms with van der Waals surface area (Å²) in [6.07, 6.45) is 0. The maximum absolute atomic E-state index is 6.57. The van der Waals surface area contributed by atoms with Gasteiger partial charge in [0.2, 0.25) is 0 Å². The first-order chi connectivity index (χ1) is 13.3. The summed E-state index contributed by atoms with van der Waals surface area (Å²) in [6, 6.07) is 32.5. The normalized spacial score (nSPS) is 11.1. The summed E-state index contributed by atoms with van der Waals surface area (Å²) in [7, 11) is 0. The monoisotopic (exact) mass is 369 g/mol. The lowest BCUT2D eigenvalue weighted by Gasteiger charge is -2.25. The first-order valence-corrected chi connectivity index (χ1v) is 9.21. The van der Waals surface area contributed by atoms with E-state index in [2.05, 4.69) is 29.2 Å². The molecule has 0 aliphatic carbocycles. The Labute approximate surface area is 162 Å². The van der Waals surface area contributed by atoms with Crippen LogP contribution in [0.3, 0.4) is 0 Å². The zero-order valence-corrected chi connectivity index (χ0v) is 15.2. The molecule has 4 aromatic carbocycles. The minimum absolute atomic E-state index is 0.694. The maximum atomic E-state index is 6.57. The van der Waals surface area contributed by atoms with Crippen LogP contribution in [0.5, 0.6) is 0 Å². The number of fused-ring (bicyclic) bond motifs is 3. The van der Waals surface area contributed by atoms with Gasteiger partial charge in [0.1, 0.15) is 5.58 Å². The molecule has 0 atom stereocenters. The topological polar surface area (TPSA) is 16.4 Å². The molecule has 0 unspecified atom stereocenters. The zero-order valence-electron chi connectivity index (χ0n) is 14.5. The van der Waals surface area contributed by atoms with Crippen molar-refractivity contribution in [1.29, 1.82) is 0 Å². The van der Waals surface area contributed by atoms with Gasteiger partial charge >= 0.3 is 0 Å². The molecule has 0 saturated carbocycles. The lowest BCUT2D eigenvalue weighted by molar-refractivity contribution is 0.669. The molecule has 5 aromatic rings. The molecule has 0 amide bonds. The number of benzene rings is 4. The van der Waals surface area contributed by atoms with E-state index in [1.54, 1.807) is 0 Å². The highest BCUT2D eigenvalue weighted by Crippen LogP contribution is 2.44. The van der Waals surface area contributed by atoms with Gasteiger partial charge in [0.25, 0.3) is 0 Å². The average Bonchev–Trinajstić information content (AvgIpc) is 3.12. The van der Waals surface area contributed by atoms with Crippen molar-refractivity contribution >= 4 is 50.6 Å². The lowest BCUT2D eigenvalue weighted by atomic mass is 10.1. The molecule has 0 bridgehead atoms. The smallest absolute Gasteiger partial charge is 0.160 e. The van der Waals surface area contributed by atoms with Crippen molar-refractivity contribution < 1.29 is 4.42 Å². The number of para-hydroxylation sites is 3. The second kappa shape index (κ2) is 6.49. The van der Waals surface area contributed by atoms with E-state index in [-0.39, 0.29) is 0 Å². The van der Waals surface area contributed by atoms with Crippen molar-refractivity contribution in [2.24, 2.45) is 0 Å². The molecular weight excluding hydrogens is 354 g/mol. The fourth-order valence-corrected chi connectivity index (χ4v) is 3.78. The lowest BCUT2D eigenvalue weighted by Crippen LogP contribution is -2.09. The summed E-state index contributed by atoms with van der Waals surface area (Å²) < 4.78 is 6.26. The van der Waals surface area contributed by atoms with Crippen molar-refractivity contribution in [2.75, 3.05) is 4.90 Å². The van der Waals surface area contributed by atoms with Crippen molar-refractivity contribution in [3.63, 3.8) is 0 Å². The molecule has 5 rings (SSSR count). The maximum Gasteiger partial charge on any atom is 0.160 e. The van der Waals surface area contributed by atoms with Crippen molar-refractivity contribution in [3.05, 3.63) is 102 Å². The number of furan rings is 1. The van der Waals surface area contributed by atoms with E-state index in [1.807, 2.05) is 72.8 Å². The minimum Gasteiger partial charge on any atom is -0.454 e. The van der Waals surface area contributed by atoms with Gasteiger partial charge in [-0.3, -0.25) is 0 Å². The predicted octanol–water partition coefficient (Wildman–Crippen LogP) is 7.71. The van der Waals surface area contributed by atoms with Gasteiger partial charge in [0.05, 0.1) is 10.7 Å². The Morgan fingerprint density at radius 1 is 0.630 bits per heavy atom. The molecule has 3 heteroatoms. The van der Waals surface area contributed by atoms with E-state index in [0.29, 0.717) is 5.02 Å². The van der Waals surface area contributed by atoms with Gasteiger partial charge in [-0.1, -0.05) is 66.2 Å². The van der Waals surface area contributed by atoms with Crippen molar-refractivity contribution in [2.45, 2.75) is 0 Å². The number of halogens is 1. The van der Waals surface area contributed by atoms with Gasteiger partial charge in [0, 0.05) is 22.1 Å². The Morgan fingerprint density at radius 2 is 1.22 bits per heavy atom. The Hall–Kier alpha value is -3.23. The van der Waals surface area contributed by atoms with Crippen LogP contribution in [0, 0.1) is 0 Å². The molecule has 0 N–H and O–H groups in total. The first-order valence-electron chi connectivity index (χ1n) is 8.83. The molecular formula is C24H16ClNO. The standard InChI is InChI=1S/C24H16ClNO/c25-20-15-16-21(24-23(20)19-13-7-8-14-22(19)27-24)26(17-9-3-1-4-10-17)18-11-5-2-6-12-18/h1-16H. The summed E-state index contributed by atoms with van der Waals surface area (Å²) >= 11 is 6.57. The Morgan fingerprint density at radius 3 is 1.89 bits per heavy atom. The van der Waals surface area contributed by atoms with E-state index < -0.39 is 0 Å². The van der Waals surface area contributed by atoms with E-state index >= 15 is 0 Å². The Bertz CT molecular complexity index is 1190. The minimum atomic E-state index is 0.694. The molecule has 130 valence electrons. The molecule has 0 aliphatic heterocycles. The molecule has 27 heavy (non-hydrogen) atoms. The third kappa shape index (κ3) is 2.66. The highest BCUT2D eigenvalue weighted by molar-refractivity contribution is 6.38. The van der Waals surface area contributed by atoms with Crippen LogP contribution in [0.15, 0.2) is 101 Å². The van der Waals surface area contributed by atoms with Gasteiger partial charge in [-0.25, -0.2) is 0 Å². The van der Waals surface area contributed by atoms with Crippen LogP contribution in [0.2, 0.25) is 5.02 Å². The highest BCUT2D eigenvalue weighted by Gasteiger charge is 2.20. The van der Waals surface area contributed by atoms with Crippen LogP contribution in [-0.4, -0.2) is 0 Å². The van der Waals surface area contributed by atoms with Gasteiger partial charge in [-0.2, -0.15) is 0 Å². The van der Waals surface area contributed by atoms with Gasteiger partial charge in [-0.05, 0) is 42.5 Å². The van der Waals surface area contributed by atoms with Crippen molar-refractivity contribution in [1.82, 2.24) is 0 Å². The number of anilines is 3. The second-order valence-corrected chi connectivity index (χ2v) is 6.78. The van der Waals surface area contributed by atoms with Crippen molar-refractivity contribution in [3.8, 4) is 0 Å². The fourth-order valence-electron chi connectivity index (χ4n) is 3.53. The van der Waals surface area contributed by atoms with Crippen LogP contribution in [0.25, 0.3) is 21.9 Å². The third-order valence-electron chi connectivity index (χ3n) is 4.72. The quantitative estimate of drug-likeness (QED) is 0.324. The summed E-state index contributed by atoms with van der Waals surface area (Å²) in [5.41, 5.74) is 4.71. The zero-order chi connectivity index (χ0) is 18.2. The third-order valence-corrected chi connectivity index (χ3v) is 5.04. The van der Waals surface area contributed by atoms with E-state index in [9.17, 15) is 0 Å². The largest absolute Gasteiger partial charge is 0.454 e. The molecule has 0 fully saturated rings. The summed E-state index contributed by atoms with van der Waals surface area (Å²) in [5, 5.41) is 2.67. The Kier molecular flexibility index (Phi) is 3.84. The SMILES string of the molecule is Clc1ccc(N(c2ccccc2)c2ccccc2)c2oc3ccccc3c12. The molecule has 0 radical (unpaired) electrons. The molecule has 0 spiro atoms. The van der Waals surface area contributed by atoms with Crippen LogP contribution in [0.4, 0.5) is 17.1 Å². The number of hydrogen-bond acceptors (Lipinski definition) is 2. The van der Waals surface area contributed by atoms with Gasteiger partial charge in [-0.15, -0.1) is 0 Å². The van der Waals surface area contributed by atoms with Crippen LogP contribution >= 0.6 is 11.6 Å². The number of nitrogens with zero attached hydrogens (tertiary/aromatic N) is 1. The number of hydrogen-bond donors (Lipinski definition) is 0. The van der Waals surface area contributed by atoms with E-state index in [0.717, 1.165) is 39.0 Å². The van der Waals surface area contributed by atoms with E-state index in [1.165, 1.54) is 0 Å². The van der Waals surface area contributed by atoms with Crippen LogP contribution in [-0.2, 0) is 0 Å². The second-order valence-electron chi connectivity index (χ2n) is 6.38. The molecule has 0 saturated heterocycles. The average molecular weight is 370 g/mol. The summed E-state index contributed by atoms with van der Waals surface area (Å²) in [5.74, 6) is 0. The Balaban J connectivity index is 1.85. The molecule has 2 nitrogen and oxygen atoms in total. The van der Waals surface area contributed by atoms with Gasteiger partial charge < -0.3 is 9.32 Å². The highest BCUT2D eigenvalue weighted by atomic mass is 35.5. The van der Waals surface area contributed by atoms with E-state index in [4.69, 9.17) is 16.0 Å². The molecule has 1 heterocycles. The summed E-state index contributed by atoms with van der Waals surface area (Å²) in [4.78, 5) is 2.20.